The van der Waals surface area contributed by atoms with Crippen LogP contribution in [0, 0.1) is 20.8 Å². The highest BCUT2D eigenvalue weighted by Crippen LogP contribution is 2.10. The quantitative estimate of drug-likeness (QED) is 0.705. The van der Waals surface area contributed by atoms with Crippen molar-refractivity contribution in [3.63, 3.8) is 0 Å². The van der Waals surface area contributed by atoms with E-state index < -0.39 is 0 Å². The second kappa shape index (κ2) is 12.0. The van der Waals surface area contributed by atoms with Crippen LogP contribution in [0.4, 0.5) is 4.79 Å². The molecule has 0 atom stereocenters. The summed E-state index contributed by atoms with van der Waals surface area (Å²) in [6.45, 7) is 11.8. The Balaban J connectivity index is 0.00000101. The minimum absolute atomic E-state index is 0.0379. The lowest BCUT2D eigenvalue weighted by Crippen LogP contribution is -2.52. The number of aromatic nitrogens is 2. The molecular formula is C22H33N5O3. The zero-order valence-corrected chi connectivity index (χ0v) is 18.2. The number of amides is 2. The molecule has 1 aliphatic heterocycles. The lowest BCUT2D eigenvalue weighted by Gasteiger charge is -2.34. The molecule has 1 saturated heterocycles. The van der Waals surface area contributed by atoms with Gasteiger partial charge in [-0.15, -0.1) is 0 Å². The summed E-state index contributed by atoms with van der Waals surface area (Å²) in [5.74, 6) is 0. The summed E-state index contributed by atoms with van der Waals surface area (Å²) in [6, 6.07) is 10.6. The third-order valence-electron chi connectivity index (χ3n) is 5.56. The SMILES string of the molecule is Cc1nn(CCNC(=O)N2CCN(CCc3ccccc3)CC2)c(C)c1C.O=CO. The lowest BCUT2D eigenvalue weighted by molar-refractivity contribution is -0.122. The van der Waals surface area contributed by atoms with Crippen LogP contribution in [-0.2, 0) is 17.8 Å². The molecule has 3 rings (SSSR count). The van der Waals surface area contributed by atoms with E-state index in [2.05, 4.69) is 59.5 Å². The Morgan fingerprint density at radius 2 is 1.73 bits per heavy atom. The lowest BCUT2D eigenvalue weighted by atomic mass is 10.1. The predicted molar refractivity (Wildman–Crippen MR) is 117 cm³/mol. The number of rotatable bonds is 6. The predicted octanol–water partition coefficient (Wildman–Crippen LogP) is 2.08. The van der Waals surface area contributed by atoms with E-state index in [-0.39, 0.29) is 12.5 Å². The molecule has 8 heteroatoms. The summed E-state index contributed by atoms with van der Waals surface area (Å²) >= 11 is 0. The zero-order chi connectivity index (χ0) is 21.9. The van der Waals surface area contributed by atoms with E-state index in [1.54, 1.807) is 0 Å². The first-order valence-corrected chi connectivity index (χ1v) is 10.3. The third kappa shape index (κ3) is 6.88. The Bertz CT molecular complexity index is 799. The molecule has 8 nitrogen and oxygen atoms in total. The highest BCUT2D eigenvalue weighted by atomic mass is 16.3. The molecule has 164 valence electrons. The van der Waals surface area contributed by atoms with Crippen molar-refractivity contribution >= 4 is 12.5 Å². The normalized spacial score (nSPS) is 14.0. The van der Waals surface area contributed by atoms with Crippen LogP contribution in [0.15, 0.2) is 30.3 Å². The Morgan fingerprint density at radius 3 is 2.30 bits per heavy atom. The van der Waals surface area contributed by atoms with E-state index in [1.807, 2.05) is 16.5 Å². The van der Waals surface area contributed by atoms with Crippen molar-refractivity contribution in [3.8, 4) is 0 Å². The second-order valence-electron chi connectivity index (χ2n) is 7.42. The number of hydrogen-bond acceptors (Lipinski definition) is 4. The number of hydrogen-bond donors (Lipinski definition) is 2. The van der Waals surface area contributed by atoms with Crippen molar-refractivity contribution in [2.75, 3.05) is 39.3 Å². The minimum atomic E-state index is -0.250. The van der Waals surface area contributed by atoms with Gasteiger partial charge in [-0.1, -0.05) is 30.3 Å². The molecule has 1 fully saturated rings. The van der Waals surface area contributed by atoms with Gasteiger partial charge >= 0.3 is 6.03 Å². The van der Waals surface area contributed by atoms with Crippen LogP contribution in [0.25, 0.3) is 0 Å². The van der Waals surface area contributed by atoms with Crippen molar-refractivity contribution in [2.24, 2.45) is 0 Å². The van der Waals surface area contributed by atoms with Crippen molar-refractivity contribution in [1.82, 2.24) is 24.9 Å². The van der Waals surface area contributed by atoms with Gasteiger partial charge < -0.3 is 15.3 Å². The van der Waals surface area contributed by atoms with Gasteiger partial charge in [0.25, 0.3) is 6.47 Å². The maximum Gasteiger partial charge on any atom is 0.317 e. The fourth-order valence-electron chi connectivity index (χ4n) is 3.49. The van der Waals surface area contributed by atoms with Gasteiger partial charge in [-0.05, 0) is 38.3 Å². The molecule has 0 spiro atoms. The molecule has 2 heterocycles. The van der Waals surface area contributed by atoms with E-state index in [0.717, 1.165) is 44.8 Å². The molecule has 0 aliphatic carbocycles. The summed E-state index contributed by atoms with van der Waals surface area (Å²) in [5, 5.41) is 14.4. The van der Waals surface area contributed by atoms with Crippen LogP contribution < -0.4 is 5.32 Å². The number of urea groups is 1. The summed E-state index contributed by atoms with van der Waals surface area (Å²) < 4.78 is 1.98. The molecular weight excluding hydrogens is 382 g/mol. The van der Waals surface area contributed by atoms with Gasteiger partial charge in [-0.25, -0.2) is 4.79 Å². The largest absolute Gasteiger partial charge is 0.483 e. The third-order valence-corrected chi connectivity index (χ3v) is 5.56. The summed E-state index contributed by atoms with van der Waals surface area (Å²) in [4.78, 5) is 25.1. The monoisotopic (exact) mass is 415 g/mol. The first kappa shape index (κ1) is 23.4. The number of aryl methyl sites for hydroxylation is 1. The topological polar surface area (TPSA) is 90.7 Å². The molecule has 2 N–H and O–H groups in total. The smallest absolute Gasteiger partial charge is 0.317 e. The van der Waals surface area contributed by atoms with Crippen LogP contribution in [0.1, 0.15) is 22.5 Å². The summed E-state index contributed by atoms with van der Waals surface area (Å²) in [7, 11) is 0. The van der Waals surface area contributed by atoms with Crippen molar-refractivity contribution in [1.29, 1.82) is 0 Å². The van der Waals surface area contributed by atoms with Gasteiger partial charge in [0.1, 0.15) is 0 Å². The number of nitrogens with zero attached hydrogens (tertiary/aromatic N) is 4. The molecule has 1 aliphatic rings. The van der Waals surface area contributed by atoms with E-state index in [9.17, 15) is 4.79 Å². The maximum absolute atomic E-state index is 12.4. The Hall–Kier alpha value is -2.87. The second-order valence-corrected chi connectivity index (χ2v) is 7.42. The van der Waals surface area contributed by atoms with Crippen LogP contribution in [-0.4, -0.2) is 76.5 Å². The standard InChI is InChI=1S/C21H31N5O.CH2O2/c1-17-18(2)23-26(19(17)3)12-10-22-21(27)25-15-13-24(14-16-25)11-9-20-7-5-4-6-8-20;2-1-3/h4-8H,9-16H2,1-3H3,(H,22,27);1H,(H,2,3). The van der Waals surface area contributed by atoms with Gasteiger partial charge in [0.2, 0.25) is 0 Å². The number of benzene rings is 1. The molecule has 0 unspecified atom stereocenters. The minimum Gasteiger partial charge on any atom is -0.483 e. The van der Waals surface area contributed by atoms with Crippen LogP contribution in [0.2, 0.25) is 0 Å². The number of nitrogens with one attached hydrogen (secondary N) is 1. The van der Waals surface area contributed by atoms with Crippen molar-refractivity contribution in [2.45, 2.75) is 33.7 Å². The molecule has 30 heavy (non-hydrogen) atoms. The van der Waals surface area contributed by atoms with Crippen LogP contribution in [0.5, 0.6) is 0 Å². The Kier molecular flexibility index (Phi) is 9.34. The fraction of sp³-hybridized carbons (Fsp3) is 0.500. The average Bonchev–Trinajstić information content (AvgIpc) is 3.00. The van der Waals surface area contributed by atoms with Gasteiger partial charge in [0, 0.05) is 45.0 Å². The zero-order valence-electron chi connectivity index (χ0n) is 18.2. The molecule has 2 aromatic rings. The van der Waals surface area contributed by atoms with Crippen molar-refractivity contribution in [3.05, 3.63) is 52.8 Å². The maximum atomic E-state index is 12.4. The summed E-state index contributed by atoms with van der Waals surface area (Å²) in [6.07, 6.45) is 1.06. The highest BCUT2D eigenvalue weighted by Gasteiger charge is 2.20. The molecule has 1 aromatic heterocycles. The molecule has 0 saturated carbocycles. The van der Waals surface area contributed by atoms with Crippen molar-refractivity contribution < 1.29 is 14.7 Å². The summed E-state index contributed by atoms with van der Waals surface area (Å²) in [5.41, 5.74) is 4.84. The highest BCUT2D eigenvalue weighted by molar-refractivity contribution is 5.74. The first-order chi connectivity index (χ1) is 14.5. The fourth-order valence-corrected chi connectivity index (χ4v) is 3.49. The van der Waals surface area contributed by atoms with Crippen LogP contribution >= 0.6 is 0 Å². The molecule has 0 bridgehead atoms. The van der Waals surface area contributed by atoms with Gasteiger partial charge in [-0.2, -0.15) is 5.10 Å². The van der Waals surface area contributed by atoms with E-state index >= 15 is 0 Å². The van der Waals surface area contributed by atoms with Gasteiger partial charge in [0.05, 0.1) is 12.2 Å². The van der Waals surface area contributed by atoms with Gasteiger partial charge in [-0.3, -0.25) is 14.4 Å². The van der Waals surface area contributed by atoms with Gasteiger partial charge in [0.15, 0.2) is 0 Å². The van der Waals surface area contributed by atoms with E-state index in [4.69, 9.17) is 9.90 Å². The molecule has 0 radical (unpaired) electrons. The number of carbonyl (C=O) groups excluding carboxylic acids is 1. The van der Waals surface area contributed by atoms with E-state index in [1.165, 1.54) is 16.8 Å². The number of carbonyl (C=O) groups is 2. The Morgan fingerprint density at radius 1 is 1.10 bits per heavy atom. The van der Waals surface area contributed by atoms with E-state index in [0.29, 0.717) is 13.1 Å². The molecule has 1 aromatic carbocycles. The Labute approximate surface area is 178 Å². The average molecular weight is 416 g/mol. The number of piperazine rings is 1. The first-order valence-electron chi connectivity index (χ1n) is 10.3. The van der Waals surface area contributed by atoms with Crippen LogP contribution in [0.3, 0.4) is 0 Å². The number of carboxylic acid groups (broad SMARTS) is 1. The molecule has 2 amide bonds.